The summed E-state index contributed by atoms with van der Waals surface area (Å²) in [6, 6.07) is 12.1. The van der Waals surface area contributed by atoms with E-state index in [-0.39, 0.29) is 19.5 Å². The Kier molecular flexibility index (Phi) is 5.68. The molecule has 0 aliphatic rings. The predicted octanol–water partition coefficient (Wildman–Crippen LogP) is 3.55. The van der Waals surface area contributed by atoms with Gasteiger partial charge in [-0.3, -0.25) is 9.97 Å². The molecule has 0 aliphatic heterocycles. The van der Waals surface area contributed by atoms with Crippen LogP contribution in [0.25, 0.3) is 22.1 Å². The molecule has 2 heterocycles. The summed E-state index contributed by atoms with van der Waals surface area (Å²) < 4.78 is 0. The standard InChI is InChI=1S/2C8H8N2S.Zn/c2*1-5-2-3-6-7(4-5)10-8(11)9-6;/h2*2-4H,1H3,(H2,9,10,11);/q;;+2/p-2. The number of hydrogen-bond donors (Lipinski definition) is 2. The first-order valence-electron chi connectivity index (χ1n) is 6.78. The van der Waals surface area contributed by atoms with Gasteiger partial charge in [0.2, 0.25) is 0 Å². The van der Waals surface area contributed by atoms with E-state index in [2.05, 4.69) is 19.9 Å². The van der Waals surface area contributed by atoms with Gasteiger partial charge >= 0.3 is 19.5 Å². The van der Waals surface area contributed by atoms with E-state index >= 15 is 0 Å². The fourth-order valence-corrected chi connectivity index (χ4v) is 2.62. The first kappa shape index (κ1) is 17.8. The van der Waals surface area contributed by atoms with E-state index in [1.807, 2.05) is 50.2 Å². The van der Waals surface area contributed by atoms with Gasteiger partial charge in [0.15, 0.2) is 0 Å². The summed E-state index contributed by atoms with van der Waals surface area (Å²) in [7, 11) is 0. The number of aromatic amines is 2. The van der Waals surface area contributed by atoms with Crippen LogP contribution in [0.3, 0.4) is 0 Å². The molecule has 0 unspecified atom stereocenters. The van der Waals surface area contributed by atoms with Crippen LogP contribution in [0, 0.1) is 13.8 Å². The van der Waals surface area contributed by atoms with Gasteiger partial charge in [-0.25, -0.2) is 0 Å². The molecule has 0 amide bonds. The Morgan fingerprint density at radius 1 is 0.739 bits per heavy atom. The smallest absolute Gasteiger partial charge is 0.742 e. The fraction of sp³-hybridized carbons (Fsp3) is 0.125. The second-order valence-electron chi connectivity index (χ2n) is 5.13. The quantitative estimate of drug-likeness (QED) is 0.355. The molecule has 4 nitrogen and oxygen atoms in total. The Hall–Kier alpha value is -1.56. The minimum atomic E-state index is 0. The minimum Gasteiger partial charge on any atom is -0.742 e. The molecule has 0 fully saturated rings. The molecule has 0 aliphatic carbocycles. The molecule has 4 aromatic rings. The van der Waals surface area contributed by atoms with Crippen LogP contribution in [0.4, 0.5) is 0 Å². The first-order chi connectivity index (χ1) is 10.5. The van der Waals surface area contributed by atoms with Gasteiger partial charge in [-0.1, -0.05) is 12.1 Å². The van der Waals surface area contributed by atoms with E-state index in [4.69, 9.17) is 25.3 Å². The fourth-order valence-electron chi connectivity index (χ4n) is 2.20. The van der Waals surface area contributed by atoms with Crippen LogP contribution in [0.1, 0.15) is 11.1 Å². The number of benzene rings is 2. The SMILES string of the molecule is Cc1ccc2nc([S-])[nH]c2c1.Cc1ccc2nc([S-])[nH]c2c1.[Zn+2]. The summed E-state index contributed by atoms with van der Waals surface area (Å²) >= 11 is 9.78. The number of H-pyrrole nitrogens is 2. The summed E-state index contributed by atoms with van der Waals surface area (Å²) in [4.78, 5) is 14.2. The van der Waals surface area contributed by atoms with Crippen molar-refractivity contribution in [1.29, 1.82) is 0 Å². The van der Waals surface area contributed by atoms with E-state index in [9.17, 15) is 0 Å². The third kappa shape index (κ3) is 4.25. The van der Waals surface area contributed by atoms with Gasteiger partial charge < -0.3 is 35.2 Å². The van der Waals surface area contributed by atoms with Gasteiger partial charge in [0.25, 0.3) is 0 Å². The van der Waals surface area contributed by atoms with Crippen LogP contribution in [-0.4, -0.2) is 19.9 Å². The van der Waals surface area contributed by atoms with Crippen molar-refractivity contribution in [3.8, 4) is 0 Å². The van der Waals surface area contributed by atoms with Crippen LogP contribution < -0.4 is 0 Å². The largest absolute Gasteiger partial charge is 2.00 e. The van der Waals surface area contributed by atoms with Crippen molar-refractivity contribution in [3.05, 3.63) is 47.5 Å². The number of nitrogens with zero attached hydrogens (tertiary/aromatic N) is 2. The number of hydrogen-bond acceptors (Lipinski definition) is 4. The molecule has 112 valence electrons. The monoisotopic (exact) mass is 390 g/mol. The van der Waals surface area contributed by atoms with E-state index in [1.54, 1.807) is 0 Å². The van der Waals surface area contributed by atoms with Crippen LogP contribution in [0.2, 0.25) is 0 Å². The maximum absolute atomic E-state index is 4.89. The molecule has 23 heavy (non-hydrogen) atoms. The molecule has 0 saturated carbocycles. The average Bonchev–Trinajstić information content (AvgIpc) is 2.99. The first-order valence-corrected chi connectivity index (χ1v) is 7.60. The van der Waals surface area contributed by atoms with Crippen molar-refractivity contribution in [3.63, 3.8) is 0 Å². The van der Waals surface area contributed by atoms with Gasteiger partial charge in [-0.15, -0.1) is 0 Å². The minimum absolute atomic E-state index is 0. The summed E-state index contributed by atoms with van der Waals surface area (Å²) in [6.45, 7) is 4.09. The number of nitrogens with one attached hydrogen (secondary N) is 2. The molecule has 0 bridgehead atoms. The van der Waals surface area contributed by atoms with E-state index in [0.717, 1.165) is 22.1 Å². The third-order valence-corrected chi connectivity index (χ3v) is 3.62. The number of aromatic nitrogens is 4. The topological polar surface area (TPSA) is 57.4 Å². The van der Waals surface area contributed by atoms with Crippen molar-refractivity contribution in [2.75, 3.05) is 0 Å². The maximum Gasteiger partial charge on any atom is 2.00 e. The summed E-state index contributed by atoms with van der Waals surface area (Å²) in [5.41, 5.74) is 6.37. The van der Waals surface area contributed by atoms with Crippen molar-refractivity contribution >= 4 is 47.3 Å². The van der Waals surface area contributed by atoms with E-state index in [1.165, 1.54) is 11.1 Å². The van der Waals surface area contributed by atoms with Crippen LogP contribution in [-0.2, 0) is 44.7 Å². The summed E-state index contributed by atoms with van der Waals surface area (Å²) in [6.07, 6.45) is 0. The zero-order chi connectivity index (χ0) is 15.7. The zero-order valence-electron chi connectivity index (χ0n) is 12.9. The molecular weight excluding hydrogens is 378 g/mol. The molecule has 2 aromatic carbocycles. The third-order valence-electron chi connectivity index (χ3n) is 3.23. The van der Waals surface area contributed by atoms with Crippen molar-refractivity contribution in [1.82, 2.24) is 19.9 Å². The van der Waals surface area contributed by atoms with E-state index < -0.39 is 0 Å². The average molecular weight is 392 g/mol. The van der Waals surface area contributed by atoms with E-state index in [0.29, 0.717) is 10.3 Å². The second-order valence-corrected chi connectivity index (χ2v) is 5.90. The number of fused-ring (bicyclic) bond motifs is 2. The number of rotatable bonds is 0. The van der Waals surface area contributed by atoms with Crippen molar-refractivity contribution < 1.29 is 19.5 Å². The van der Waals surface area contributed by atoms with Gasteiger partial charge in [-0.05, 0) is 59.6 Å². The van der Waals surface area contributed by atoms with Crippen LogP contribution in [0.5, 0.6) is 0 Å². The Morgan fingerprint density at radius 2 is 1.13 bits per heavy atom. The Balaban J connectivity index is 0.000000160. The van der Waals surface area contributed by atoms with Gasteiger partial charge in [0.05, 0.1) is 22.1 Å². The summed E-state index contributed by atoms with van der Waals surface area (Å²) in [5, 5.41) is 1.12. The summed E-state index contributed by atoms with van der Waals surface area (Å²) in [5.74, 6) is 0. The van der Waals surface area contributed by atoms with Crippen LogP contribution >= 0.6 is 0 Å². The molecular formula is C16H14N4S2Zn. The van der Waals surface area contributed by atoms with Gasteiger partial charge in [0.1, 0.15) is 0 Å². The predicted molar refractivity (Wildman–Crippen MR) is 92.9 cm³/mol. The molecule has 4 rings (SSSR count). The van der Waals surface area contributed by atoms with Crippen molar-refractivity contribution in [2.24, 2.45) is 0 Å². The normalized spacial score (nSPS) is 10.2. The number of imidazole rings is 2. The Bertz CT molecular complexity index is 868. The molecule has 0 saturated heterocycles. The number of aryl methyl sites for hydroxylation is 2. The molecule has 0 spiro atoms. The Morgan fingerprint density at radius 3 is 1.52 bits per heavy atom. The second kappa shape index (κ2) is 7.34. The van der Waals surface area contributed by atoms with Crippen molar-refractivity contribution in [2.45, 2.75) is 24.2 Å². The molecule has 0 atom stereocenters. The Labute approximate surface area is 158 Å². The molecule has 7 heteroatoms. The van der Waals surface area contributed by atoms with Crippen LogP contribution in [0.15, 0.2) is 46.7 Å². The maximum atomic E-state index is 4.89. The molecule has 2 N–H and O–H groups in total. The van der Waals surface area contributed by atoms with Gasteiger partial charge in [0, 0.05) is 0 Å². The zero-order valence-corrected chi connectivity index (χ0v) is 17.5. The molecule has 2 aromatic heterocycles. The molecule has 0 radical (unpaired) electrons. The van der Waals surface area contributed by atoms with Gasteiger partial charge in [-0.2, -0.15) is 0 Å².